The molecule has 6 nitrogen and oxygen atoms in total. The fraction of sp³-hybridized carbons (Fsp3) is 0. The Morgan fingerprint density at radius 2 is 1.00 bits per heavy atom. The summed E-state index contributed by atoms with van der Waals surface area (Å²) in [4.78, 5) is 32.2. The normalized spacial score (nSPS) is 10.1. The van der Waals surface area contributed by atoms with Crippen LogP contribution in [0.25, 0.3) is 33.2 Å². The van der Waals surface area contributed by atoms with Crippen LogP contribution in [0.5, 0.6) is 0 Å². The summed E-state index contributed by atoms with van der Waals surface area (Å²) in [5, 5.41) is 20.1. The van der Waals surface area contributed by atoms with Crippen LogP contribution < -0.4 is 0 Å². The van der Waals surface area contributed by atoms with Crippen LogP contribution in [0.3, 0.4) is 0 Å². The van der Waals surface area contributed by atoms with Crippen LogP contribution in [-0.2, 0) is 0 Å². The second-order valence-electron chi connectivity index (χ2n) is 5.75. The van der Waals surface area contributed by atoms with Gasteiger partial charge in [-0.3, -0.25) is 0 Å². The van der Waals surface area contributed by atoms with Crippen molar-refractivity contribution < 1.29 is 19.8 Å². The van der Waals surface area contributed by atoms with E-state index < -0.39 is 11.9 Å². The molecule has 2 aromatic heterocycles. The fourth-order valence-corrected chi connectivity index (χ4v) is 2.97. The predicted molar refractivity (Wildman–Crippen MR) is 111 cm³/mol. The number of fused-ring (bicyclic) bond motifs is 2. The molecule has 28 heavy (non-hydrogen) atoms. The summed E-state index contributed by atoms with van der Waals surface area (Å²) in [6.07, 6.45) is 0. The van der Waals surface area contributed by atoms with Gasteiger partial charge in [0.15, 0.2) is 0 Å². The first kappa shape index (κ1) is 22.5. The molecule has 0 bridgehead atoms. The monoisotopic (exact) mass is 392 g/mol. The van der Waals surface area contributed by atoms with Gasteiger partial charge in [0, 0.05) is 10.8 Å². The molecule has 0 aliphatic carbocycles. The molecule has 4 rings (SSSR count). The first-order valence-electron chi connectivity index (χ1n) is 7.81. The van der Waals surface area contributed by atoms with Crippen molar-refractivity contribution in [2.75, 3.05) is 0 Å². The average molecular weight is 392 g/mol. The number of nitrogens with zero attached hydrogens (tertiary/aromatic N) is 2. The molecule has 0 fully saturated rings. The molecule has 0 radical (unpaired) electrons. The number of hydrogen-bond acceptors (Lipinski definition) is 4. The van der Waals surface area contributed by atoms with Crippen LogP contribution in [0, 0.1) is 0 Å². The summed E-state index contributed by atoms with van der Waals surface area (Å²) in [6.45, 7) is 0. The molecular weight excluding hydrogens is 378 g/mol. The number of carboxylic acid groups (broad SMARTS) is 2. The Balaban J connectivity index is 0.00000140. The number of rotatable bonds is 3. The van der Waals surface area contributed by atoms with Gasteiger partial charge in [0.25, 0.3) is 0 Å². The molecule has 0 unspecified atom stereocenters. The van der Waals surface area contributed by atoms with Crippen molar-refractivity contribution in [3.05, 3.63) is 71.8 Å². The number of carbonyl (C=O) groups is 2. The molecule has 2 heterocycles. The van der Waals surface area contributed by atoms with E-state index in [2.05, 4.69) is 9.97 Å². The van der Waals surface area contributed by atoms with E-state index in [-0.39, 0.29) is 70.2 Å². The third kappa shape index (κ3) is 4.12. The fourth-order valence-electron chi connectivity index (χ4n) is 2.97. The van der Waals surface area contributed by atoms with Crippen molar-refractivity contribution in [3.8, 4) is 11.4 Å². The zero-order chi connectivity index (χ0) is 18.3. The zero-order valence-corrected chi connectivity index (χ0v) is 13.4. The molecule has 2 aromatic carbocycles. The topological polar surface area (TPSA) is 100 Å². The molecule has 0 saturated heterocycles. The third-order valence-electron chi connectivity index (χ3n) is 4.16. The summed E-state index contributed by atoms with van der Waals surface area (Å²) < 4.78 is 0. The van der Waals surface area contributed by atoms with Crippen molar-refractivity contribution >= 4 is 92.9 Å². The van der Waals surface area contributed by atoms with E-state index in [1.807, 2.05) is 0 Å². The van der Waals surface area contributed by atoms with Gasteiger partial charge in [0.2, 0.25) is 0 Å². The number of pyridine rings is 2. The molecule has 0 atom stereocenters. The zero-order valence-electron chi connectivity index (χ0n) is 13.4. The van der Waals surface area contributed by atoms with Gasteiger partial charge in [-0.25, -0.2) is 19.6 Å². The van der Waals surface area contributed by atoms with E-state index >= 15 is 0 Å². The van der Waals surface area contributed by atoms with Gasteiger partial charge in [-0.05, 0) is 24.3 Å². The molecule has 2 N–H and O–H groups in total. The summed E-state index contributed by atoms with van der Waals surface area (Å²) in [5.41, 5.74) is 1.84. The number of benzene rings is 2. The molecule has 0 aliphatic rings. The Bertz CT molecular complexity index is 1120. The molecule has 4 aromatic rings. The van der Waals surface area contributed by atoms with Gasteiger partial charge in [-0.2, -0.15) is 0 Å². The van der Waals surface area contributed by atoms with Gasteiger partial charge >= 0.3 is 71.1 Å². The molecule has 0 spiro atoms. The first-order valence-corrected chi connectivity index (χ1v) is 7.81. The summed E-state index contributed by atoms with van der Waals surface area (Å²) in [7, 11) is 0. The Morgan fingerprint density at radius 3 is 1.36 bits per heavy atom. The molecule has 8 heteroatoms. The quantitative estimate of drug-likeness (QED) is 0.520. The summed E-state index contributed by atoms with van der Waals surface area (Å²) >= 11 is 0. The Morgan fingerprint density at radius 1 is 0.643 bits per heavy atom. The molecule has 0 amide bonds. The van der Waals surface area contributed by atoms with Crippen molar-refractivity contribution in [1.82, 2.24) is 9.97 Å². The number of aromatic carboxylic acids is 2. The van der Waals surface area contributed by atoms with Crippen LogP contribution in [0.2, 0.25) is 0 Å². The van der Waals surface area contributed by atoms with E-state index in [9.17, 15) is 19.8 Å². The van der Waals surface area contributed by atoms with E-state index in [1.54, 1.807) is 48.5 Å². The van der Waals surface area contributed by atoms with Gasteiger partial charge in [0.05, 0.1) is 33.5 Å². The van der Waals surface area contributed by atoms with Crippen LogP contribution in [-0.4, -0.2) is 91.2 Å². The number of carboxylic acids is 2. The number of para-hydroxylation sites is 2. The molecular formula is C20H14N2Na2O4. The predicted octanol–water partition coefficient (Wildman–Crippen LogP) is 2.55. The van der Waals surface area contributed by atoms with Crippen LogP contribution in [0.15, 0.2) is 60.7 Å². The average Bonchev–Trinajstić information content (AvgIpc) is 2.66. The standard InChI is InChI=1S/C20H12N2O4.2Na.2H/c23-19(24)13-9-17(21-15-7-3-1-5-11(13)15)18-10-14(20(25)26)12-6-2-4-8-16(12)22-18;;;;/h1-10H,(H,23,24)(H,25,26);;;;. The van der Waals surface area contributed by atoms with Crippen molar-refractivity contribution in [3.63, 3.8) is 0 Å². The second kappa shape index (κ2) is 9.13. The van der Waals surface area contributed by atoms with Crippen molar-refractivity contribution in [2.45, 2.75) is 0 Å². The van der Waals surface area contributed by atoms with Crippen molar-refractivity contribution in [2.24, 2.45) is 0 Å². The molecule has 0 aliphatic heterocycles. The maximum absolute atomic E-state index is 11.6. The Labute approximate surface area is 204 Å². The van der Waals surface area contributed by atoms with Crippen LogP contribution >= 0.6 is 0 Å². The number of aromatic nitrogens is 2. The van der Waals surface area contributed by atoms with E-state index in [0.29, 0.717) is 33.2 Å². The third-order valence-corrected chi connectivity index (χ3v) is 4.16. The second-order valence-corrected chi connectivity index (χ2v) is 5.75. The Hall–Kier alpha value is -1.80. The van der Waals surface area contributed by atoms with Crippen LogP contribution in [0.1, 0.15) is 20.7 Å². The van der Waals surface area contributed by atoms with E-state index in [1.165, 1.54) is 12.1 Å². The minimum absolute atomic E-state index is 0. The van der Waals surface area contributed by atoms with Gasteiger partial charge < -0.3 is 10.2 Å². The van der Waals surface area contributed by atoms with E-state index in [0.717, 1.165) is 0 Å². The van der Waals surface area contributed by atoms with Crippen LogP contribution in [0.4, 0.5) is 0 Å². The van der Waals surface area contributed by atoms with Crippen molar-refractivity contribution in [1.29, 1.82) is 0 Å². The maximum atomic E-state index is 11.6. The van der Waals surface area contributed by atoms with Gasteiger partial charge in [0.1, 0.15) is 0 Å². The Kier molecular flexibility index (Phi) is 7.33. The van der Waals surface area contributed by atoms with Gasteiger partial charge in [-0.15, -0.1) is 0 Å². The van der Waals surface area contributed by atoms with E-state index in [4.69, 9.17) is 0 Å². The van der Waals surface area contributed by atoms with Gasteiger partial charge in [-0.1, -0.05) is 36.4 Å². The first-order chi connectivity index (χ1) is 12.5. The molecule has 0 saturated carbocycles. The molecule has 130 valence electrons. The number of hydrogen-bond donors (Lipinski definition) is 2. The minimum atomic E-state index is -1.08. The summed E-state index contributed by atoms with van der Waals surface area (Å²) in [5.74, 6) is -2.16. The SMILES string of the molecule is O=C(O)c1cc(-c2cc(C(=O)O)c3ccccc3n2)nc2ccccc12.[NaH].[NaH]. The summed E-state index contributed by atoms with van der Waals surface area (Å²) in [6, 6.07) is 16.7.